The predicted molar refractivity (Wildman–Crippen MR) is 66.5 cm³/mol. The molecule has 2 nitrogen and oxygen atoms in total. The molecule has 1 aromatic rings. The van der Waals surface area contributed by atoms with Crippen molar-refractivity contribution < 1.29 is 4.74 Å². The van der Waals surface area contributed by atoms with Crippen molar-refractivity contribution in [1.29, 1.82) is 0 Å². The molecule has 0 spiro atoms. The molecule has 0 aromatic heterocycles. The monoisotopic (exact) mass is 219 g/mol. The second-order valence-electron chi connectivity index (χ2n) is 4.65. The number of hydrogen-bond acceptors (Lipinski definition) is 2. The van der Waals surface area contributed by atoms with Gasteiger partial charge in [-0.25, -0.2) is 0 Å². The highest BCUT2D eigenvalue weighted by molar-refractivity contribution is 5.29. The van der Waals surface area contributed by atoms with Crippen LogP contribution in [0.25, 0.3) is 0 Å². The first-order valence-corrected chi connectivity index (χ1v) is 6.08. The van der Waals surface area contributed by atoms with Gasteiger partial charge in [-0.1, -0.05) is 24.3 Å². The normalized spacial score (nSPS) is 26.9. The molecule has 1 fully saturated rings. The molecule has 0 aliphatic carbocycles. The summed E-state index contributed by atoms with van der Waals surface area (Å²) in [5.41, 5.74) is 2.77. The van der Waals surface area contributed by atoms with Gasteiger partial charge in [0.25, 0.3) is 0 Å². The fourth-order valence-corrected chi connectivity index (χ4v) is 2.72. The van der Waals surface area contributed by atoms with E-state index in [2.05, 4.69) is 43.4 Å². The highest BCUT2D eigenvalue weighted by atomic mass is 16.5. The molecule has 88 valence electrons. The van der Waals surface area contributed by atoms with Crippen molar-refractivity contribution in [1.82, 2.24) is 5.32 Å². The van der Waals surface area contributed by atoms with E-state index in [1.807, 2.05) is 7.05 Å². The highest BCUT2D eigenvalue weighted by Gasteiger charge is 2.32. The van der Waals surface area contributed by atoms with Crippen LogP contribution in [0.4, 0.5) is 0 Å². The Balaban J connectivity index is 2.25. The van der Waals surface area contributed by atoms with Crippen molar-refractivity contribution in [3.8, 4) is 0 Å². The molecule has 16 heavy (non-hydrogen) atoms. The van der Waals surface area contributed by atoms with E-state index in [4.69, 9.17) is 4.74 Å². The minimum atomic E-state index is 0.358. The predicted octanol–water partition coefficient (Wildman–Crippen LogP) is 2.68. The summed E-state index contributed by atoms with van der Waals surface area (Å²) in [6.07, 6.45) is 1.51. The average molecular weight is 219 g/mol. The van der Waals surface area contributed by atoms with E-state index in [0.29, 0.717) is 18.1 Å². The smallest absolute Gasteiger partial charge is 0.0594 e. The molecule has 1 aliphatic heterocycles. The van der Waals surface area contributed by atoms with Crippen molar-refractivity contribution in [3.05, 3.63) is 35.4 Å². The first-order chi connectivity index (χ1) is 7.74. The number of nitrogens with one attached hydrogen (secondary N) is 1. The Morgan fingerprint density at radius 2 is 2.12 bits per heavy atom. The second kappa shape index (κ2) is 4.98. The van der Waals surface area contributed by atoms with E-state index in [-0.39, 0.29) is 0 Å². The Morgan fingerprint density at radius 3 is 2.69 bits per heavy atom. The van der Waals surface area contributed by atoms with Gasteiger partial charge in [0.05, 0.1) is 6.10 Å². The molecule has 2 rings (SSSR count). The molecular formula is C14H21NO. The molecule has 1 aromatic carbocycles. The largest absolute Gasteiger partial charge is 0.378 e. The van der Waals surface area contributed by atoms with Gasteiger partial charge in [-0.15, -0.1) is 0 Å². The minimum absolute atomic E-state index is 0.358. The number of hydrogen-bond donors (Lipinski definition) is 1. The van der Waals surface area contributed by atoms with Crippen LogP contribution in [0, 0.1) is 12.8 Å². The van der Waals surface area contributed by atoms with Crippen LogP contribution in [0.15, 0.2) is 24.3 Å². The van der Waals surface area contributed by atoms with E-state index >= 15 is 0 Å². The topological polar surface area (TPSA) is 21.3 Å². The number of aryl methyl sites for hydroxylation is 1. The van der Waals surface area contributed by atoms with Crippen LogP contribution in [-0.4, -0.2) is 19.8 Å². The lowest BCUT2D eigenvalue weighted by Gasteiger charge is -2.27. The zero-order chi connectivity index (χ0) is 11.5. The Labute approximate surface area is 98.0 Å². The lowest BCUT2D eigenvalue weighted by atomic mass is 9.86. The summed E-state index contributed by atoms with van der Waals surface area (Å²) in [7, 11) is 2.04. The third-order valence-electron chi connectivity index (χ3n) is 3.70. The van der Waals surface area contributed by atoms with Crippen molar-refractivity contribution in [2.45, 2.75) is 32.4 Å². The van der Waals surface area contributed by atoms with Gasteiger partial charge in [0.2, 0.25) is 0 Å². The Bertz CT molecular complexity index is 350. The van der Waals surface area contributed by atoms with E-state index in [9.17, 15) is 0 Å². The standard InChI is InChI=1S/C14H21NO/c1-10-6-4-5-7-12(10)14(15-3)13-8-9-16-11(13)2/h4-7,11,13-15H,8-9H2,1-3H3. The molecule has 3 atom stereocenters. The Kier molecular flexibility index (Phi) is 3.62. The van der Waals surface area contributed by atoms with Crippen LogP contribution in [0.3, 0.4) is 0 Å². The number of ether oxygens (including phenoxy) is 1. The maximum atomic E-state index is 5.67. The molecule has 1 N–H and O–H groups in total. The fraction of sp³-hybridized carbons (Fsp3) is 0.571. The Morgan fingerprint density at radius 1 is 1.38 bits per heavy atom. The number of benzene rings is 1. The molecular weight excluding hydrogens is 198 g/mol. The summed E-state index contributed by atoms with van der Waals surface area (Å²) >= 11 is 0. The first kappa shape index (κ1) is 11.6. The van der Waals surface area contributed by atoms with Crippen molar-refractivity contribution in [3.63, 3.8) is 0 Å². The lowest BCUT2D eigenvalue weighted by Crippen LogP contribution is -2.30. The summed E-state index contributed by atoms with van der Waals surface area (Å²) in [5.74, 6) is 0.589. The van der Waals surface area contributed by atoms with Gasteiger partial charge in [0.15, 0.2) is 0 Å². The molecule has 1 aliphatic rings. The lowest BCUT2D eigenvalue weighted by molar-refractivity contribution is 0.0962. The van der Waals surface area contributed by atoms with Crippen LogP contribution in [0.1, 0.15) is 30.5 Å². The fourth-order valence-electron chi connectivity index (χ4n) is 2.72. The second-order valence-corrected chi connectivity index (χ2v) is 4.65. The van der Waals surface area contributed by atoms with Gasteiger partial charge in [-0.2, -0.15) is 0 Å². The van der Waals surface area contributed by atoms with Crippen molar-refractivity contribution in [2.75, 3.05) is 13.7 Å². The minimum Gasteiger partial charge on any atom is -0.378 e. The molecule has 0 amide bonds. The molecule has 0 saturated carbocycles. The number of rotatable bonds is 3. The zero-order valence-electron chi connectivity index (χ0n) is 10.4. The highest BCUT2D eigenvalue weighted by Crippen LogP contribution is 2.34. The molecule has 3 unspecified atom stereocenters. The first-order valence-electron chi connectivity index (χ1n) is 6.08. The van der Waals surface area contributed by atoms with Gasteiger partial charge in [-0.05, 0) is 38.4 Å². The summed E-state index contributed by atoms with van der Waals surface area (Å²) < 4.78 is 5.67. The average Bonchev–Trinajstić information content (AvgIpc) is 2.69. The van der Waals surface area contributed by atoms with Crippen LogP contribution in [0.2, 0.25) is 0 Å². The van der Waals surface area contributed by atoms with Crippen LogP contribution in [-0.2, 0) is 4.74 Å². The molecule has 1 heterocycles. The van der Waals surface area contributed by atoms with Crippen LogP contribution in [0.5, 0.6) is 0 Å². The van der Waals surface area contributed by atoms with Crippen molar-refractivity contribution in [2.24, 2.45) is 5.92 Å². The van der Waals surface area contributed by atoms with Gasteiger partial charge < -0.3 is 10.1 Å². The van der Waals surface area contributed by atoms with E-state index in [1.54, 1.807) is 0 Å². The SMILES string of the molecule is CNC(c1ccccc1C)C1CCOC1C. The van der Waals surface area contributed by atoms with E-state index < -0.39 is 0 Å². The summed E-state index contributed by atoms with van der Waals surface area (Å²) in [5, 5.41) is 3.45. The summed E-state index contributed by atoms with van der Waals surface area (Å²) in [6, 6.07) is 9.04. The zero-order valence-corrected chi connectivity index (χ0v) is 10.4. The summed E-state index contributed by atoms with van der Waals surface area (Å²) in [6.45, 7) is 5.26. The Hall–Kier alpha value is -0.860. The van der Waals surface area contributed by atoms with Gasteiger partial charge in [0.1, 0.15) is 0 Å². The van der Waals surface area contributed by atoms with Gasteiger partial charge in [0, 0.05) is 18.6 Å². The summed E-state index contributed by atoms with van der Waals surface area (Å²) in [4.78, 5) is 0. The van der Waals surface area contributed by atoms with Crippen molar-refractivity contribution >= 4 is 0 Å². The quantitative estimate of drug-likeness (QED) is 0.844. The molecule has 2 heteroatoms. The van der Waals surface area contributed by atoms with E-state index in [0.717, 1.165) is 13.0 Å². The van der Waals surface area contributed by atoms with Gasteiger partial charge in [-0.3, -0.25) is 0 Å². The van der Waals surface area contributed by atoms with Crippen LogP contribution < -0.4 is 5.32 Å². The third-order valence-corrected chi connectivity index (χ3v) is 3.70. The van der Waals surface area contributed by atoms with Crippen LogP contribution >= 0.6 is 0 Å². The van der Waals surface area contributed by atoms with Gasteiger partial charge >= 0.3 is 0 Å². The third kappa shape index (κ3) is 2.13. The molecule has 0 radical (unpaired) electrons. The maximum Gasteiger partial charge on any atom is 0.0594 e. The molecule has 0 bridgehead atoms. The van der Waals surface area contributed by atoms with E-state index in [1.165, 1.54) is 11.1 Å². The molecule has 1 saturated heterocycles. The maximum absolute atomic E-state index is 5.67.